The van der Waals surface area contributed by atoms with Crippen molar-refractivity contribution in [2.75, 3.05) is 0 Å². The van der Waals surface area contributed by atoms with E-state index in [1.165, 1.54) is 11.1 Å². The lowest BCUT2D eigenvalue weighted by molar-refractivity contribution is -0.112. The minimum absolute atomic E-state index is 0.184. The van der Waals surface area contributed by atoms with Gasteiger partial charge in [0.15, 0.2) is 0 Å². The van der Waals surface area contributed by atoms with Gasteiger partial charge in [-0.3, -0.25) is 0 Å². The van der Waals surface area contributed by atoms with Gasteiger partial charge in [-0.05, 0) is 33.1 Å². The van der Waals surface area contributed by atoms with Gasteiger partial charge in [-0.2, -0.15) is 0 Å². The van der Waals surface area contributed by atoms with E-state index in [9.17, 15) is 4.79 Å². The van der Waals surface area contributed by atoms with E-state index >= 15 is 0 Å². The summed E-state index contributed by atoms with van der Waals surface area (Å²) in [4.78, 5) is 10.9. The van der Waals surface area contributed by atoms with Crippen LogP contribution in [-0.2, 0) is 4.79 Å². The molecule has 0 amide bonds. The fraction of sp³-hybridized carbons (Fsp3) is 0.615. The highest BCUT2D eigenvalue weighted by atomic mass is 16.1. The molecule has 0 radical (unpaired) electrons. The lowest BCUT2D eigenvalue weighted by Gasteiger charge is -2.28. The zero-order valence-electron chi connectivity index (χ0n) is 9.58. The van der Waals surface area contributed by atoms with Crippen molar-refractivity contribution in [2.24, 2.45) is 17.8 Å². The molecule has 0 aromatic rings. The maximum absolute atomic E-state index is 10.9. The normalized spacial score (nSPS) is 32.0. The lowest BCUT2D eigenvalue weighted by atomic mass is 9.76. The van der Waals surface area contributed by atoms with Gasteiger partial charge in [-0.1, -0.05) is 30.2 Å². The minimum Gasteiger partial charge on any atom is -0.303 e. The van der Waals surface area contributed by atoms with Crippen LogP contribution in [0.3, 0.4) is 0 Å². The van der Waals surface area contributed by atoms with E-state index in [-0.39, 0.29) is 5.92 Å². The van der Waals surface area contributed by atoms with Crippen LogP contribution in [0.2, 0.25) is 0 Å². The Kier molecular flexibility index (Phi) is 3.68. The Balaban J connectivity index is 2.90. The Morgan fingerprint density at radius 3 is 2.64 bits per heavy atom. The molecule has 1 aliphatic rings. The molecule has 0 aromatic carbocycles. The first-order valence-electron chi connectivity index (χ1n) is 5.33. The summed E-state index contributed by atoms with van der Waals surface area (Å²) in [6.07, 6.45) is 6.57. The molecule has 0 spiro atoms. The number of hydrogen-bond acceptors (Lipinski definition) is 1. The molecular formula is C13H20O. The first-order chi connectivity index (χ1) is 6.54. The Morgan fingerprint density at radius 1 is 1.50 bits per heavy atom. The van der Waals surface area contributed by atoms with Gasteiger partial charge in [-0.25, -0.2) is 0 Å². The van der Waals surface area contributed by atoms with Crippen LogP contribution in [0.5, 0.6) is 0 Å². The van der Waals surface area contributed by atoms with Crippen LogP contribution < -0.4 is 0 Å². The molecule has 0 unspecified atom stereocenters. The highest BCUT2D eigenvalue weighted by molar-refractivity contribution is 5.56. The summed E-state index contributed by atoms with van der Waals surface area (Å²) in [5.74, 6) is 1.07. The molecule has 1 aliphatic carbocycles. The van der Waals surface area contributed by atoms with Crippen LogP contribution in [0.15, 0.2) is 23.3 Å². The van der Waals surface area contributed by atoms with Crippen molar-refractivity contribution >= 4 is 6.29 Å². The molecule has 78 valence electrons. The maximum Gasteiger partial charge on any atom is 0.123 e. The van der Waals surface area contributed by atoms with Crippen molar-refractivity contribution in [1.82, 2.24) is 0 Å². The van der Waals surface area contributed by atoms with E-state index in [2.05, 4.69) is 39.8 Å². The van der Waals surface area contributed by atoms with Gasteiger partial charge in [0.25, 0.3) is 0 Å². The van der Waals surface area contributed by atoms with Crippen LogP contribution in [-0.4, -0.2) is 6.29 Å². The number of rotatable bonds is 2. The third kappa shape index (κ3) is 2.57. The molecule has 1 nitrogen and oxygen atoms in total. The van der Waals surface area contributed by atoms with Crippen LogP contribution >= 0.6 is 0 Å². The molecule has 0 bridgehead atoms. The third-order valence-electron chi connectivity index (χ3n) is 3.05. The molecule has 0 saturated carbocycles. The zero-order valence-corrected chi connectivity index (χ0v) is 9.58. The second-order valence-corrected chi connectivity index (χ2v) is 4.67. The maximum atomic E-state index is 10.9. The molecule has 3 atom stereocenters. The number of carbonyl (C=O) groups excluding carboxylic acids is 1. The van der Waals surface area contributed by atoms with E-state index in [0.717, 1.165) is 12.7 Å². The first kappa shape index (κ1) is 11.2. The van der Waals surface area contributed by atoms with Crippen LogP contribution in [0.1, 0.15) is 34.1 Å². The van der Waals surface area contributed by atoms with Gasteiger partial charge in [0.2, 0.25) is 0 Å². The Bertz CT molecular complexity index is 269. The monoisotopic (exact) mass is 192 g/mol. The molecule has 0 aromatic heterocycles. The predicted octanol–water partition coefficient (Wildman–Crippen LogP) is 3.37. The number of carbonyl (C=O) groups is 1. The van der Waals surface area contributed by atoms with Gasteiger partial charge in [0.05, 0.1) is 0 Å². The second-order valence-electron chi connectivity index (χ2n) is 4.67. The summed E-state index contributed by atoms with van der Waals surface area (Å²) in [7, 11) is 0. The molecule has 14 heavy (non-hydrogen) atoms. The summed E-state index contributed by atoms with van der Waals surface area (Å²) in [6.45, 7) is 8.53. The van der Waals surface area contributed by atoms with E-state index in [1.807, 2.05) is 0 Å². The summed E-state index contributed by atoms with van der Waals surface area (Å²) in [5.41, 5.74) is 2.71. The predicted molar refractivity (Wildman–Crippen MR) is 60.0 cm³/mol. The highest BCUT2D eigenvalue weighted by Crippen LogP contribution is 2.32. The molecule has 0 N–H and O–H groups in total. The Labute approximate surface area is 86.9 Å². The SMILES string of the molecule is CC(C)=C[C@H]1C=C(C)[C@H](C)C[C@@H]1C=O. The van der Waals surface area contributed by atoms with E-state index in [4.69, 9.17) is 0 Å². The molecule has 0 saturated heterocycles. The molecule has 0 fully saturated rings. The molecule has 0 aliphatic heterocycles. The van der Waals surface area contributed by atoms with Crippen LogP contribution in [0, 0.1) is 17.8 Å². The Hall–Kier alpha value is -0.850. The van der Waals surface area contributed by atoms with Gasteiger partial charge in [-0.15, -0.1) is 0 Å². The van der Waals surface area contributed by atoms with Crippen molar-refractivity contribution in [2.45, 2.75) is 34.1 Å². The quantitative estimate of drug-likeness (QED) is 0.484. The van der Waals surface area contributed by atoms with Crippen LogP contribution in [0.4, 0.5) is 0 Å². The van der Waals surface area contributed by atoms with Gasteiger partial charge >= 0.3 is 0 Å². The largest absolute Gasteiger partial charge is 0.303 e. The van der Waals surface area contributed by atoms with Crippen molar-refractivity contribution in [1.29, 1.82) is 0 Å². The summed E-state index contributed by atoms with van der Waals surface area (Å²) in [5, 5.41) is 0. The summed E-state index contributed by atoms with van der Waals surface area (Å²) >= 11 is 0. The molecule has 0 heterocycles. The lowest BCUT2D eigenvalue weighted by Crippen LogP contribution is -2.22. The standard InChI is InChI=1S/C13H20O/c1-9(2)5-12-6-10(3)11(4)7-13(12)8-14/h5-6,8,11-13H,7H2,1-4H3/t11-,12+,13-/m1/s1. The topological polar surface area (TPSA) is 17.1 Å². The first-order valence-corrected chi connectivity index (χ1v) is 5.33. The fourth-order valence-corrected chi connectivity index (χ4v) is 2.05. The molecule has 1 rings (SSSR count). The third-order valence-corrected chi connectivity index (χ3v) is 3.05. The minimum atomic E-state index is 0.184. The van der Waals surface area contributed by atoms with Gasteiger partial charge in [0.1, 0.15) is 6.29 Å². The van der Waals surface area contributed by atoms with Crippen molar-refractivity contribution < 1.29 is 4.79 Å². The second kappa shape index (κ2) is 4.59. The number of allylic oxidation sites excluding steroid dienone is 4. The Morgan fingerprint density at radius 2 is 2.14 bits per heavy atom. The molecular weight excluding hydrogens is 172 g/mol. The van der Waals surface area contributed by atoms with Crippen molar-refractivity contribution in [3.63, 3.8) is 0 Å². The smallest absolute Gasteiger partial charge is 0.123 e. The average molecular weight is 192 g/mol. The zero-order chi connectivity index (χ0) is 10.7. The van der Waals surface area contributed by atoms with Crippen LogP contribution in [0.25, 0.3) is 0 Å². The number of aldehydes is 1. The molecule has 1 heteroatoms. The van der Waals surface area contributed by atoms with Crippen molar-refractivity contribution in [3.8, 4) is 0 Å². The van der Waals surface area contributed by atoms with E-state index in [0.29, 0.717) is 11.8 Å². The van der Waals surface area contributed by atoms with E-state index in [1.54, 1.807) is 0 Å². The highest BCUT2D eigenvalue weighted by Gasteiger charge is 2.25. The van der Waals surface area contributed by atoms with E-state index < -0.39 is 0 Å². The average Bonchev–Trinajstić information content (AvgIpc) is 2.10. The summed E-state index contributed by atoms with van der Waals surface area (Å²) in [6, 6.07) is 0. The van der Waals surface area contributed by atoms with Crippen molar-refractivity contribution in [3.05, 3.63) is 23.3 Å². The number of hydrogen-bond donors (Lipinski definition) is 0. The summed E-state index contributed by atoms with van der Waals surface area (Å²) < 4.78 is 0. The van der Waals surface area contributed by atoms with Gasteiger partial charge in [0, 0.05) is 11.8 Å². The van der Waals surface area contributed by atoms with Gasteiger partial charge < -0.3 is 4.79 Å². The fourth-order valence-electron chi connectivity index (χ4n) is 2.05.